The van der Waals surface area contributed by atoms with E-state index in [1.54, 1.807) is 25.4 Å². The predicted molar refractivity (Wildman–Crippen MR) is 124 cm³/mol. The van der Waals surface area contributed by atoms with E-state index in [2.05, 4.69) is 15.5 Å². The standard InChI is InChI=1S/C22H27N3O6S2/c1-29-13-17-12-23-22(32-17)24-21(26)20(25-31-16-4-2-3-5-16)15-6-8-18(9-7-15)33(27,28)19-10-11-30-14-19/h6-9,12,16,19H,2-5,10-11,13-14H2,1H3,(H,23,24,26)/b25-20+/t19-/m0/s1. The zero-order valence-electron chi connectivity index (χ0n) is 18.4. The van der Waals surface area contributed by atoms with Crippen molar-refractivity contribution >= 4 is 37.9 Å². The van der Waals surface area contributed by atoms with Gasteiger partial charge in [0.05, 0.1) is 28.2 Å². The van der Waals surface area contributed by atoms with Gasteiger partial charge in [-0.3, -0.25) is 10.1 Å². The van der Waals surface area contributed by atoms with E-state index in [0.29, 0.717) is 30.3 Å². The summed E-state index contributed by atoms with van der Waals surface area (Å²) in [5.41, 5.74) is 0.527. The van der Waals surface area contributed by atoms with Gasteiger partial charge in [0.1, 0.15) is 6.10 Å². The smallest absolute Gasteiger partial charge is 0.280 e. The summed E-state index contributed by atoms with van der Waals surface area (Å²) in [7, 11) is -1.90. The van der Waals surface area contributed by atoms with Crippen molar-refractivity contribution in [2.24, 2.45) is 5.16 Å². The number of carbonyl (C=O) groups is 1. The van der Waals surface area contributed by atoms with E-state index in [1.807, 2.05) is 0 Å². The minimum absolute atomic E-state index is 0.0250. The van der Waals surface area contributed by atoms with Crippen LogP contribution in [0, 0.1) is 0 Å². The lowest BCUT2D eigenvalue weighted by atomic mass is 10.1. The lowest BCUT2D eigenvalue weighted by molar-refractivity contribution is -0.110. The molecule has 2 heterocycles. The SMILES string of the molecule is COCc1cnc(NC(=O)/C(=N/OC2CCCC2)c2ccc(S(=O)(=O)[C@H]3CCOC3)cc2)s1. The number of carbonyl (C=O) groups excluding carboxylic acids is 1. The van der Waals surface area contributed by atoms with Crippen LogP contribution in [0.3, 0.4) is 0 Å². The maximum atomic E-state index is 13.1. The number of methoxy groups -OCH3 is 1. The zero-order valence-corrected chi connectivity index (χ0v) is 20.0. The second-order valence-corrected chi connectivity index (χ2v) is 11.4. The van der Waals surface area contributed by atoms with Crippen LogP contribution in [0.25, 0.3) is 0 Å². The molecular formula is C22H27N3O6S2. The number of aromatic nitrogens is 1. The molecule has 2 aliphatic rings. The van der Waals surface area contributed by atoms with Crippen LogP contribution in [0.15, 0.2) is 40.5 Å². The lowest BCUT2D eigenvalue weighted by Gasteiger charge is -2.12. The highest BCUT2D eigenvalue weighted by Gasteiger charge is 2.31. The molecular weight excluding hydrogens is 466 g/mol. The first-order valence-corrected chi connectivity index (χ1v) is 13.2. The van der Waals surface area contributed by atoms with E-state index in [1.165, 1.54) is 23.5 Å². The summed E-state index contributed by atoms with van der Waals surface area (Å²) in [5, 5.41) is 6.80. The van der Waals surface area contributed by atoms with Crippen LogP contribution in [-0.2, 0) is 35.5 Å². The van der Waals surface area contributed by atoms with Crippen molar-refractivity contribution in [2.45, 2.75) is 55.0 Å². The molecule has 178 valence electrons. The van der Waals surface area contributed by atoms with E-state index in [9.17, 15) is 13.2 Å². The molecule has 0 unspecified atom stereocenters. The van der Waals surface area contributed by atoms with Gasteiger partial charge < -0.3 is 14.3 Å². The third-order valence-electron chi connectivity index (χ3n) is 5.65. The molecule has 1 atom stereocenters. The molecule has 1 saturated heterocycles. The Morgan fingerprint density at radius 1 is 1.24 bits per heavy atom. The van der Waals surface area contributed by atoms with Gasteiger partial charge in [-0.1, -0.05) is 28.6 Å². The molecule has 4 rings (SSSR count). The van der Waals surface area contributed by atoms with Crippen LogP contribution in [0.1, 0.15) is 42.5 Å². The second-order valence-electron chi connectivity index (χ2n) is 8.03. The number of oxime groups is 1. The van der Waals surface area contributed by atoms with Gasteiger partial charge in [0.2, 0.25) is 0 Å². The molecule has 0 spiro atoms. The number of sulfone groups is 1. The molecule has 1 aliphatic heterocycles. The molecule has 0 radical (unpaired) electrons. The number of anilines is 1. The molecule has 11 heteroatoms. The van der Waals surface area contributed by atoms with Gasteiger partial charge in [0.25, 0.3) is 5.91 Å². The Morgan fingerprint density at radius 3 is 2.67 bits per heavy atom. The number of thiazole rings is 1. The first-order chi connectivity index (χ1) is 16.0. The monoisotopic (exact) mass is 493 g/mol. The van der Waals surface area contributed by atoms with Crippen LogP contribution in [-0.4, -0.2) is 56.7 Å². The van der Waals surface area contributed by atoms with Crippen LogP contribution in [0.2, 0.25) is 0 Å². The van der Waals surface area contributed by atoms with E-state index >= 15 is 0 Å². The first-order valence-electron chi connectivity index (χ1n) is 10.9. The third kappa shape index (κ3) is 5.78. The summed E-state index contributed by atoms with van der Waals surface area (Å²) in [4.78, 5) is 24.0. The maximum absolute atomic E-state index is 13.1. The van der Waals surface area contributed by atoms with E-state index in [4.69, 9.17) is 14.3 Å². The molecule has 9 nitrogen and oxygen atoms in total. The summed E-state index contributed by atoms with van der Waals surface area (Å²) >= 11 is 1.31. The average Bonchev–Trinajstić information content (AvgIpc) is 3.58. The van der Waals surface area contributed by atoms with Gasteiger partial charge in [-0.05, 0) is 44.2 Å². The summed E-state index contributed by atoms with van der Waals surface area (Å²) < 4.78 is 36.0. The van der Waals surface area contributed by atoms with Crippen LogP contribution >= 0.6 is 11.3 Å². The fourth-order valence-corrected chi connectivity index (χ4v) is 6.19. The lowest BCUT2D eigenvalue weighted by Crippen LogP contribution is -2.25. The Labute approximate surface area is 197 Å². The maximum Gasteiger partial charge on any atom is 0.280 e. The van der Waals surface area contributed by atoms with Gasteiger partial charge in [-0.25, -0.2) is 13.4 Å². The van der Waals surface area contributed by atoms with Crippen molar-refractivity contribution in [1.29, 1.82) is 0 Å². The summed E-state index contributed by atoms with van der Waals surface area (Å²) in [6.07, 6.45) is 6.02. The average molecular weight is 494 g/mol. The van der Waals surface area contributed by atoms with E-state index in [-0.39, 0.29) is 23.3 Å². The number of rotatable bonds is 9. The molecule has 1 aromatic heterocycles. The molecule has 1 amide bonds. The Kier molecular flexibility index (Phi) is 7.74. The predicted octanol–water partition coefficient (Wildman–Crippen LogP) is 3.15. The summed E-state index contributed by atoms with van der Waals surface area (Å²) in [5.74, 6) is -0.480. The minimum Gasteiger partial charge on any atom is -0.392 e. The van der Waals surface area contributed by atoms with Crippen molar-refractivity contribution in [1.82, 2.24) is 4.98 Å². The number of hydrogen-bond donors (Lipinski definition) is 1. The highest BCUT2D eigenvalue weighted by atomic mass is 32.2. The van der Waals surface area contributed by atoms with Crippen molar-refractivity contribution in [3.63, 3.8) is 0 Å². The Morgan fingerprint density at radius 2 is 2.00 bits per heavy atom. The quantitative estimate of drug-likeness (QED) is 0.421. The summed E-state index contributed by atoms with van der Waals surface area (Å²) in [6.45, 7) is 1.05. The third-order valence-corrected chi connectivity index (χ3v) is 8.72. The van der Waals surface area contributed by atoms with Crippen molar-refractivity contribution in [2.75, 3.05) is 25.6 Å². The molecule has 2 aromatic rings. The Balaban J connectivity index is 1.55. The van der Waals surface area contributed by atoms with Crippen LogP contribution < -0.4 is 5.32 Å². The van der Waals surface area contributed by atoms with Crippen molar-refractivity contribution in [3.05, 3.63) is 40.9 Å². The van der Waals surface area contributed by atoms with Crippen molar-refractivity contribution in [3.8, 4) is 0 Å². The Hall–Kier alpha value is -2.34. The second kappa shape index (κ2) is 10.7. The van der Waals surface area contributed by atoms with Gasteiger partial charge in [0, 0.05) is 25.5 Å². The van der Waals surface area contributed by atoms with Crippen LogP contribution in [0.5, 0.6) is 0 Å². The molecule has 1 aromatic carbocycles. The number of amides is 1. The van der Waals surface area contributed by atoms with E-state index in [0.717, 1.165) is 30.6 Å². The van der Waals surface area contributed by atoms with Gasteiger partial charge in [-0.15, -0.1) is 0 Å². The van der Waals surface area contributed by atoms with E-state index < -0.39 is 21.0 Å². The minimum atomic E-state index is -3.49. The molecule has 2 fully saturated rings. The normalized spacial score (nSPS) is 19.7. The number of ether oxygens (including phenoxy) is 2. The molecule has 1 N–H and O–H groups in total. The number of hydrogen-bond acceptors (Lipinski definition) is 9. The molecule has 33 heavy (non-hydrogen) atoms. The van der Waals surface area contributed by atoms with Crippen LogP contribution in [0.4, 0.5) is 5.13 Å². The number of benzene rings is 1. The highest BCUT2D eigenvalue weighted by Crippen LogP contribution is 2.25. The first kappa shape index (κ1) is 23.8. The topological polar surface area (TPSA) is 116 Å². The van der Waals surface area contributed by atoms with Gasteiger partial charge in [-0.2, -0.15) is 0 Å². The fourth-order valence-electron chi connectivity index (χ4n) is 3.83. The fraction of sp³-hybridized carbons (Fsp3) is 0.500. The molecule has 0 bridgehead atoms. The number of nitrogens with zero attached hydrogens (tertiary/aromatic N) is 2. The number of nitrogens with one attached hydrogen (secondary N) is 1. The summed E-state index contributed by atoms with van der Waals surface area (Å²) in [6, 6.07) is 6.16. The highest BCUT2D eigenvalue weighted by molar-refractivity contribution is 7.92. The molecule has 1 aliphatic carbocycles. The van der Waals surface area contributed by atoms with Crippen molar-refractivity contribution < 1.29 is 27.5 Å². The zero-order chi connectivity index (χ0) is 23.3. The van der Waals surface area contributed by atoms with Gasteiger partial charge >= 0.3 is 0 Å². The van der Waals surface area contributed by atoms with Gasteiger partial charge in [0.15, 0.2) is 20.7 Å². The molecule has 1 saturated carbocycles. The largest absolute Gasteiger partial charge is 0.392 e. The Bertz CT molecular complexity index is 1090.